The number of nitrogens with one attached hydrogen (secondary N) is 2. The molecule has 0 aromatic heterocycles. The van der Waals surface area contributed by atoms with Gasteiger partial charge >= 0.3 is 0 Å². The van der Waals surface area contributed by atoms with Gasteiger partial charge in [-0.05, 0) is 43.2 Å². The van der Waals surface area contributed by atoms with E-state index in [0.29, 0.717) is 49.6 Å². The molecular formula is C21H26N2O4. The Kier molecular flexibility index (Phi) is 8.16. The predicted molar refractivity (Wildman–Crippen MR) is 104 cm³/mol. The van der Waals surface area contributed by atoms with Gasteiger partial charge in [0.15, 0.2) is 11.5 Å². The number of rotatable bonds is 10. The average Bonchev–Trinajstić information content (AvgIpc) is 2.71. The van der Waals surface area contributed by atoms with Crippen LogP contribution < -0.4 is 20.1 Å². The lowest BCUT2D eigenvalue weighted by molar-refractivity contribution is -0.121. The first-order valence-electron chi connectivity index (χ1n) is 9.03. The molecule has 6 heteroatoms. The number of amides is 2. The van der Waals surface area contributed by atoms with Crippen molar-refractivity contribution >= 4 is 11.8 Å². The molecule has 6 nitrogen and oxygen atoms in total. The summed E-state index contributed by atoms with van der Waals surface area (Å²) in [5.74, 6) is 1.16. The largest absolute Gasteiger partial charge is 0.493 e. The molecule has 0 spiro atoms. The lowest BCUT2D eigenvalue weighted by Gasteiger charge is -2.11. The van der Waals surface area contributed by atoms with E-state index in [0.717, 1.165) is 5.56 Å². The van der Waals surface area contributed by atoms with Crippen molar-refractivity contribution in [3.8, 4) is 11.5 Å². The van der Waals surface area contributed by atoms with Crippen molar-refractivity contribution < 1.29 is 19.1 Å². The SMILES string of the molecule is CCOc1ccc(CCC(=O)NCCNC(=O)c2ccccc2)cc1OC. The monoisotopic (exact) mass is 370 g/mol. The minimum absolute atomic E-state index is 0.0585. The van der Waals surface area contributed by atoms with Crippen molar-refractivity contribution in [2.75, 3.05) is 26.8 Å². The van der Waals surface area contributed by atoms with E-state index in [4.69, 9.17) is 9.47 Å². The van der Waals surface area contributed by atoms with Crippen LogP contribution in [0, 0.1) is 0 Å². The summed E-state index contributed by atoms with van der Waals surface area (Å²) in [6.45, 7) is 3.26. The molecule has 2 aromatic rings. The molecule has 2 N–H and O–H groups in total. The Morgan fingerprint density at radius 2 is 1.70 bits per heavy atom. The van der Waals surface area contributed by atoms with Crippen LogP contribution in [0.3, 0.4) is 0 Å². The van der Waals surface area contributed by atoms with Crippen molar-refractivity contribution in [3.63, 3.8) is 0 Å². The van der Waals surface area contributed by atoms with E-state index in [1.165, 1.54) is 0 Å². The fraction of sp³-hybridized carbons (Fsp3) is 0.333. The highest BCUT2D eigenvalue weighted by Gasteiger charge is 2.08. The van der Waals surface area contributed by atoms with E-state index in [2.05, 4.69) is 10.6 Å². The molecule has 2 amide bonds. The number of carbonyl (C=O) groups excluding carboxylic acids is 2. The van der Waals surface area contributed by atoms with Crippen LogP contribution in [-0.4, -0.2) is 38.6 Å². The summed E-state index contributed by atoms with van der Waals surface area (Å²) < 4.78 is 10.8. The van der Waals surface area contributed by atoms with Crippen molar-refractivity contribution in [2.24, 2.45) is 0 Å². The summed E-state index contributed by atoms with van der Waals surface area (Å²) in [6, 6.07) is 14.7. The van der Waals surface area contributed by atoms with E-state index in [-0.39, 0.29) is 11.8 Å². The third kappa shape index (κ3) is 6.66. The standard InChI is InChI=1S/C21H26N2O4/c1-3-27-18-11-9-16(15-19(18)26-2)10-12-20(24)22-13-14-23-21(25)17-7-5-4-6-8-17/h4-9,11,15H,3,10,12-14H2,1-2H3,(H,22,24)(H,23,25). The van der Waals surface area contributed by atoms with Crippen LogP contribution in [0.2, 0.25) is 0 Å². The van der Waals surface area contributed by atoms with Gasteiger partial charge in [0, 0.05) is 25.1 Å². The minimum Gasteiger partial charge on any atom is -0.493 e. The average molecular weight is 370 g/mol. The summed E-state index contributed by atoms with van der Waals surface area (Å²) >= 11 is 0. The van der Waals surface area contributed by atoms with E-state index in [1.54, 1.807) is 19.2 Å². The Balaban J connectivity index is 1.69. The van der Waals surface area contributed by atoms with Crippen LogP contribution in [0.5, 0.6) is 11.5 Å². The maximum atomic E-state index is 12.0. The topological polar surface area (TPSA) is 76.7 Å². The zero-order valence-corrected chi connectivity index (χ0v) is 15.8. The second-order valence-corrected chi connectivity index (χ2v) is 5.89. The Bertz CT molecular complexity index is 747. The van der Waals surface area contributed by atoms with Crippen molar-refractivity contribution in [2.45, 2.75) is 19.8 Å². The van der Waals surface area contributed by atoms with E-state index in [9.17, 15) is 9.59 Å². The van der Waals surface area contributed by atoms with Gasteiger partial charge in [-0.1, -0.05) is 24.3 Å². The van der Waals surface area contributed by atoms with Crippen molar-refractivity contribution in [3.05, 3.63) is 59.7 Å². The van der Waals surface area contributed by atoms with Gasteiger partial charge in [0.2, 0.25) is 5.91 Å². The minimum atomic E-state index is -0.147. The first-order valence-corrected chi connectivity index (χ1v) is 9.03. The summed E-state index contributed by atoms with van der Waals surface area (Å²) in [5.41, 5.74) is 1.61. The Hall–Kier alpha value is -3.02. The number of aryl methyl sites for hydroxylation is 1. The maximum absolute atomic E-state index is 12.0. The zero-order chi connectivity index (χ0) is 19.5. The highest BCUT2D eigenvalue weighted by Crippen LogP contribution is 2.28. The van der Waals surface area contributed by atoms with Crippen LogP contribution in [0.1, 0.15) is 29.3 Å². The summed E-state index contributed by atoms with van der Waals surface area (Å²) in [4.78, 5) is 23.9. The zero-order valence-electron chi connectivity index (χ0n) is 15.8. The molecule has 0 radical (unpaired) electrons. The maximum Gasteiger partial charge on any atom is 0.251 e. The molecule has 2 rings (SSSR count). The number of ether oxygens (including phenoxy) is 2. The Labute approximate surface area is 159 Å². The van der Waals surface area contributed by atoms with Gasteiger partial charge in [0.25, 0.3) is 5.91 Å². The van der Waals surface area contributed by atoms with Gasteiger partial charge in [-0.15, -0.1) is 0 Å². The van der Waals surface area contributed by atoms with Gasteiger partial charge in [0.05, 0.1) is 13.7 Å². The molecule has 0 saturated heterocycles. The smallest absolute Gasteiger partial charge is 0.251 e. The van der Waals surface area contributed by atoms with Crippen LogP contribution in [-0.2, 0) is 11.2 Å². The predicted octanol–water partition coefficient (Wildman–Crippen LogP) is 2.57. The van der Waals surface area contributed by atoms with Crippen molar-refractivity contribution in [1.29, 1.82) is 0 Å². The normalized spacial score (nSPS) is 10.1. The first kappa shape index (κ1) is 20.3. The fourth-order valence-corrected chi connectivity index (χ4v) is 2.56. The van der Waals surface area contributed by atoms with Gasteiger partial charge in [0.1, 0.15) is 0 Å². The number of hydrogen-bond acceptors (Lipinski definition) is 4. The molecule has 0 fully saturated rings. The Morgan fingerprint density at radius 1 is 0.963 bits per heavy atom. The number of carbonyl (C=O) groups is 2. The number of benzene rings is 2. The molecule has 27 heavy (non-hydrogen) atoms. The number of hydrogen-bond donors (Lipinski definition) is 2. The van der Waals surface area contributed by atoms with Gasteiger partial charge < -0.3 is 20.1 Å². The van der Waals surface area contributed by atoms with E-state index in [1.807, 2.05) is 43.3 Å². The van der Waals surface area contributed by atoms with Gasteiger partial charge in [-0.3, -0.25) is 9.59 Å². The van der Waals surface area contributed by atoms with Gasteiger partial charge in [-0.25, -0.2) is 0 Å². The molecule has 0 atom stereocenters. The fourth-order valence-electron chi connectivity index (χ4n) is 2.56. The molecule has 0 heterocycles. The summed E-state index contributed by atoms with van der Waals surface area (Å²) in [5, 5.41) is 5.59. The Morgan fingerprint density at radius 3 is 2.41 bits per heavy atom. The molecule has 2 aromatic carbocycles. The van der Waals surface area contributed by atoms with Crippen LogP contribution >= 0.6 is 0 Å². The second kappa shape index (κ2) is 10.9. The first-order chi connectivity index (χ1) is 13.1. The summed E-state index contributed by atoms with van der Waals surface area (Å²) in [6.07, 6.45) is 0.967. The third-order valence-electron chi connectivity index (χ3n) is 3.94. The molecule has 0 aliphatic carbocycles. The second-order valence-electron chi connectivity index (χ2n) is 5.89. The molecule has 0 aliphatic rings. The van der Waals surface area contributed by atoms with Crippen molar-refractivity contribution in [1.82, 2.24) is 10.6 Å². The lowest BCUT2D eigenvalue weighted by Crippen LogP contribution is -2.34. The van der Waals surface area contributed by atoms with Crippen LogP contribution in [0.4, 0.5) is 0 Å². The summed E-state index contributed by atoms with van der Waals surface area (Å²) in [7, 11) is 1.60. The molecule has 144 valence electrons. The molecule has 0 saturated carbocycles. The molecule has 0 bridgehead atoms. The lowest BCUT2D eigenvalue weighted by atomic mass is 10.1. The van der Waals surface area contributed by atoms with Crippen LogP contribution in [0.15, 0.2) is 48.5 Å². The van der Waals surface area contributed by atoms with Crippen LogP contribution in [0.25, 0.3) is 0 Å². The molecule has 0 aliphatic heterocycles. The molecule has 0 unspecified atom stereocenters. The van der Waals surface area contributed by atoms with E-state index < -0.39 is 0 Å². The quantitative estimate of drug-likeness (QED) is 0.630. The number of methoxy groups -OCH3 is 1. The highest BCUT2D eigenvalue weighted by atomic mass is 16.5. The molecular weight excluding hydrogens is 344 g/mol. The van der Waals surface area contributed by atoms with Gasteiger partial charge in [-0.2, -0.15) is 0 Å². The van der Waals surface area contributed by atoms with E-state index >= 15 is 0 Å². The third-order valence-corrected chi connectivity index (χ3v) is 3.94. The highest BCUT2D eigenvalue weighted by molar-refractivity contribution is 5.94.